The summed E-state index contributed by atoms with van der Waals surface area (Å²) in [5.41, 5.74) is 1.42. The summed E-state index contributed by atoms with van der Waals surface area (Å²) < 4.78 is 20.4. The Morgan fingerprint density at radius 1 is 1.33 bits per heavy atom. The highest BCUT2D eigenvalue weighted by Gasteiger charge is 2.19. The monoisotopic (exact) mass is 371 g/mol. The molecule has 2 nitrogen and oxygen atoms in total. The van der Waals surface area contributed by atoms with Crippen LogP contribution in [0.4, 0.5) is 4.39 Å². The van der Waals surface area contributed by atoms with Crippen molar-refractivity contribution in [2.75, 3.05) is 13.7 Å². The van der Waals surface area contributed by atoms with E-state index in [-0.39, 0.29) is 11.1 Å². The maximum atomic E-state index is 14.4. The second-order valence-electron chi connectivity index (χ2n) is 4.49. The lowest BCUT2D eigenvalue weighted by atomic mass is 9.98. The van der Waals surface area contributed by atoms with Crippen molar-refractivity contribution >= 4 is 27.5 Å². The molecule has 0 saturated heterocycles. The second kappa shape index (κ2) is 7.25. The van der Waals surface area contributed by atoms with Crippen molar-refractivity contribution in [3.8, 4) is 5.75 Å². The van der Waals surface area contributed by atoms with E-state index >= 15 is 0 Å². The van der Waals surface area contributed by atoms with Gasteiger partial charge in [-0.25, -0.2) is 4.39 Å². The minimum absolute atomic E-state index is 0.0914. The summed E-state index contributed by atoms with van der Waals surface area (Å²) in [6.45, 7) is 2.52. The molecule has 0 aliphatic carbocycles. The van der Waals surface area contributed by atoms with E-state index in [1.807, 2.05) is 31.2 Å². The van der Waals surface area contributed by atoms with Crippen molar-refractivity contribution in [3.63, 3.8) is 0 Å². The first-order valence-electron chi connectivity index (χ1n) is 6.61. The van der Waals surface area contributed by atoms with Crippen LogP contribution >= 0.6 is 27.5 Å². The molecule has 2 rings (SSSR count). The first-order chi connectivity index (χ1) is 10.1. The Bertz CT molecular complexity index is 636. The van der Waals surface area contributed by atoms with Crippen LogP contribution in [0.25, 0.3) is 0 Å². The van der Waals surface area contributed by atoms with E-state index in [1.54, 1.807) is 19.2 Å². The average Bonchev–Trinajstić information content (AvgIpc) is 2.49. The van der Waals surface area contributed by atoms with Gasteiger partial charge in [0.15, 0.2) is 0 Å². The van der Waals surface area contributed by atoms with Gasteiger partial charge in [0.25, 0.3) is 0 Å². The Labute approximate surface area is 137 Å². The van der Waals surface area contributed by atoms with Crippen molar-refractivity contribution in [3.05, 3.63) is 62.8 Å². The Kier molecular flexibility index (Phi) is 5.62. The summed E-state index contributed by atoms with van der Waals surface area (Å²) in [7, 11) is 1.79. The van der Waals surface area contributed by atoms with Gasteiger partial charge in [-0.05, 0) is 53.7 Å². The molecular formula is C16H16BrClFNO. The zero-order valence-corrected chi connectivity index (χ0v) is 14.1. The van der Waals surface area contributed by atoms with Gasteiger partial charge in [-0.3, -0.25) is 0 Å². The molecule has 0 saturated carbocycles. The van der Waals surface area contributed by atoms with E-state index in [1.165, 1.54) is 0 Å². The van der Waals surface area contributed by atoms with Crippen LogP contribution in [0, 0.1) is 5.82 Å². The average molecular weight is 373 g/mol. The van der Waals surface area contributed by atoms with E-state index in [0.717, 1.165) is 11.3 Å². The van der Waals surface area contributed by atoms with Crippen LogP contribution in [0.3, 0.4) is 0 Å². The molecule has 2 aromatic carbocycles. The Hall–Kier alpha value is -1.10. The van der Waals surface area contributed by atoms with Crippen LogP contribution in [0.15, 0.2) is 40.9 Å². The highest BCUT2D eigenvalue weighted by molar-refractivity contribution is 9.10. The molecule has 2 aromatic rings. The van der Waals surface area contributed by atoms with Crippen molar-refractivity contribution < 1.29 is 9.13 Å². The molecule has 1 unspecified atom stereocenters. The van der Waals surface area contributed by atoms with Crippen molar-refractivity contribution in [2.45, 2.75) is 13.0 Å². The standard InChI is InChI=1S/C16H16BrClFNO/c1-3-21-11-6-4-5-10(9-11)16(20-2)12-7-8-13(17)14(18)15(12)19/h4-9,16,20H,3H2,1-2H3. The topological polar surface area (TPSA) is 21.3 Å². The summed E-state index contributed by atoms with van der Waals surface area (Å²) in [6, 6.07) is 10.8. The van der Waals surface area contributed by atoms with Crippen LogP contribution in [0.2, 0.25) is 5.02 Å². The van der Waals surface area contributed by atoms with Gasteiger partial charge in [0.05, 0.1) is 17.7 Å². The molecule has 0 amide bonds. The molecule has 0 aliphatic heterocycles. The van der Waals surface area contributed by atoms with Gasteiger partial charge < -0.3 is 10.1 Å². The highest BCUT2D eigenvalue weighted by atomic mass is 79.9. The zero-order valence-electron chi connectivity index (χ0n) is 11.8. The van der Waals surface area contributed by atoms with Crippen LogP contribution in [-0.2, 0) is 0 Å². The number of hydrogen-bond acceptors (Lipinski definition) is 2. The van der Waals surface area contributed by atoms with Gasteiger partial charge in [0.2, 0.25) is 0 Å². The number of nitrogens with one attached hydrogen (secondary N) is 1. The normalized spacial score (nSPS) is 12.2. The SMILES string of the molecule is CCOc1cccc(C(NC)c2ccc(Br)c(Cl)c2F)c1. The van der Waals surface area contributed by atoms with Crippen LogP contribution in [0.5, 0.6) is 5.75 Å². The van der Waals surface area contributed by atoms with E-state index in [9.17, 15) is 4.39 Å². The number of ether oxygens (including phenoxy) is 1. The summed E-state index contributed by atoms with van der Waals surface area (Å²) in [5, 5.41) is 3.21. The summed E-state index contributed by atoms with van der Waals surface area (Å²) in [6.07, 6.45) is 0. The fourth-order valence-electron chi connectivity index (χ4n) is 2.22. The number of hydrogen-bond donors (Lipinski definition) is 1. The number of rotatable bonds is 5. The maximum absolute atomic E-state index is 14.4. The Balaban J connectivity index is 2.44. The summed E-state index contributed by atoms with van der Waals surface area (Å²) in [4.78, 5) is 0. The van der Waals surface area contributed by atoms with Crippen LogP contribution < -0.4 is 10.1 Å². The van der Waals surface area contributed by atoms with E-state index in [2.05, 4.69) is 21.2 Å². The maximum Gasteiger partial charge on any atom is 0.148 e. The predicted octanol–water partition coefficient (Wildman–Crippen LogP) is 4.95. The van der Waals surface area contributed by atoms with Crippen molar-refractivity contribution in [1.82, 2.24) is 5.32 Å². The quantitative estimate of drug-likeness (QED) is 0.750. The second-order valence-corrected chi connectivity index (χ2v) is 5.72. The van der Waals surface area contributed by atoms with Gasteiger partial charge in [-0.15, -0.1) is 0 Å². The third-order valence-corrected chi connectivity index (χ3v) is 4.43. The summed E-state index contributed by atoms with van der Waals surface area (Å²) in [5.74, 6) is 0.339. The smallest absolute Gasteiger partial charge is 0.148 e. The molecule has 0 bridgehead atoms. The van der Waals surface area contributed by atoms with Gasteiger partial charge in [0, 0.05) is 10.0 Å². The molecule has 0 spiro atoms. The molecule has 21 heavy (non-hydrogen) atoms. The zero-order chi connectivity index (χ0) is 15.4. The third-order valence-electron chi connectivity index (χ3n) is 3.17. The molecule has 5 heteroatoms. The van der Waals surface area contributed by atoms with Crippen molar-refractivity contribution in [1.29, 1.82) is 0 Å². The van der Waals surface area contributed by atoms with E-state index < -0.39 is 5.82 Å². The predicted molar refractivity (Wildman–Crippen MR) is 87.6 cm³/mol. The minimum atomic E-state index is -0.424. The first-order valence-corrected chi connectivity index (χ1v) is 7.79. The number of halogens is 3. The molecule has 0 aliphatic rings. The molecule has 0 heterocycles. The van der Waals surface area contributed by atoms with E-state index in [0.29, 0.717) is 16.6 Å². The Morgan fingerprint density at radius 3 is 2.76 bits per heavy atom. The fraction of sp³-hybridized carbons (Fsp3) is 0.250. The number of benzene rings is 2. The molecule has 112 valence electrons. The molecule has 0 radical (unpaired) electrons. The fourth-order valence-corrected chi connectivity index (χ4v) is 2.69. The summed E-state index contributed by atoms with van der Waals surface area (Å²) >= 11 is 9.21. The minimum Gasteiger partial charge on any atom is -0.494 e. The van der Waals surface area contributed by atoms with Gasteiger partial charge in [0.1, 0.15) is 11.6 Å². The van der Waals surface area contributed by atoms with Crippen LogP contribution in [0.1, 0.15) is 24.1 Å². The largest absolute Gasteiger partial charge is 0.494 e. The molecule has 1 N–H and O–H groups in total. The lowest BCUT2D eigenvalue weighted by molar-refractivity contribution is 0.339. The van der Waals surface area contributed by atoms with Gasteiger partial charge >= 0.3 is 0 Å². The first kappa shape index (κ1) is 16.3. The highest BCUT2D eigenvalue weighted by Crippen LogP contribution is 2.33. The molecule has 0 aromatic heterocycles. The lowest BCUT2D eigenvalue weighted by Crippen LogP contribution is -2.19. The Morgan fingerprint density at radius 2 is 2.10 bits per heavy atom. The van der Waals surface area contributed by atoms with Crippen molar-refractivity contribution in [2.24, 2.45) is 0 Å². The lowest BCUT2D eigenvalue weighted by Gasteiger charge is -2.19. The molecule has 1 atom stereocenters. The van der Waals surface area contributed by atoms with Gasteiger partial charge in [-0.1, -0.05) is 29.8 Å². The van der Waals surface area contributed by atoms with E-state index in [4.69, 9.17) is 16.3 Å². The third kappa shape index (κ3) is 3.57. The van der Waals surface area contributed by atoms with Crippen LogP contribution in [-0.4, -0.2) is 13.7 Å². The molecular weight excluding hydrogens is 357 g/mol. The molecule has 0 fully saturated rings. The van der Waals surface area contributed by atoms with Gasteiger partial charge in [-0.2, -0.15) is 0 Å².